The molecule has 1 amide bonds. The van der Waals surface area contributed by atoms with E-state index in [1.165, 1.54) is 6.26 Å². The number of benzene rings is 3. The van der Waals surface area contributed by atoms with Crippen LogP contribution in [0.3, 0.4) is 0 Å². The molecule has 0 saturated carbocycles. The molecule has 3 N–H and O–H groups in total. The lowest BCUT2D eigenvalue weighted by molar-refractivity contribution is -0.127. The van der Waals surface area contributed by atoms with Crippen LogP contribution in [-0.2, 0) is 38.1 Å². The van der Waals surface area contributed by atoms with Gasteiger partial charge in [0.05, 0.1) is 32.0 Å². The predicted octanol–water partition coefficient (Wildman–Crippen LogP) is 4.08. The summed E-state index contributed by atoms with van der Waals surface area (Å²) in [5, 5.41) is 7.17. The molecule has 43 heavy (non-hydrogen) atoms. The van der Waals surface area contributed by atoms with Gasteiger partial charge < -0.3 is 14.8 Å². The fraction of sp³-hybridized carbons (Fsp3) is 0.387. The SMILES string of the molecule is COc1cc(Cl)cc(CNC(COCc2ccccc2)C(=O)N[N+]2(S(C)(=O)=O)CC3(CCNCC3)c3ccccc32)c1.Cl. The number of sulfonamides is 1. The number of hydrogen-bond donors (Lipinski definition) is 3. The first-order valence-corrected chi connectivity index (χ1v) is 16.3. The van der Waals surface area contributed by atoms with Crippen LogP contribution in [0.1, 0.15) is 29.5 Å². The zero-order valence-corrected chi connectivity index (χ0v) is 26.7. The lowest BCUT2D eigenvalue weighted by Crippen LogP contribution is -2.68. The lowest BCUT2D eigenvalue weighted by Gasteiger charge is -2.36. The maximum Gasteiger partial charge on any atom is 0.321 e. The molecule has 2 unspecified atom stereocenters. The summed E-state index contributed by atoms with van der Waals surface area (Å²) >= 11 is 6.27. The van der Waals surface area contributed by atoms with Crippen LogP contribution >= 0.6 is 24.0 Å². The normalized spacial score (nSPS) is 19.7. The molecular weight excluding hydrogens is 611 g/mol. The first kappa shape index (κ1) is 33.2. The second kappa shape index (κ2) is 13.9. The second-order valence-electron chi connectivity index (χ2n) is 11.1. The van der Waals surface area contributed by atoms with Crippen LogP contribution in [0, 0.1) is 0 Å². The molecule has 9 nitrogen and oxygen atoms in total. The minimum atomic E-state index is -3.84. The number of carbonyl (C=O) groups is 1. The van der Waals surface area contributed by atoms with Crippen LogP contribution < -0.4 is 24.8 Å². The zero-order chi connectivity index (χ0) is 29.8. The highest BCUT2D eigenvalue weighted by Gasteiger charge is 2.60. The standard InChI is InChI=1S/C31H37ClN4O5S.ClH/c1-40-26-17-24(16-25(32)18-26)19-34-28(21-41-20-23-8-4-3-5-9-23)30(37)35-36(42(2,38)39)22-31(12-14-33-15-13-31)27-10-6-7-11-29(27)36;/h3-11,16-18,28,33-34H,12-15,19-22H2,1-2H3;1H/p+1. The fourth-order valence-corrected chi connectivity index (χ4v) is 7.58. The Balaban J connectivity index is 0.00000423. The topological polar surface area (TPSA) is 106 Å². The van der Waals surface area contributed by atoms with Crippen molar-refractivity contribution in [3.05, 3.63) is 94.5 Å². The molecule has 232 valence electrons. The maximum atomic E-state index is 14.1. The molecule has 3 aromatic rings. The van der Waals surface area contributed by atoms with Gasteiger partial charge >= 0.3 is 10.0 Å². The van der Waals surface area contributed by atoms with Crippen molar-refractivity contribution in [3.8, 4) is 5.75 Å². The molecular formula is C31H39Cl2N4O5S+. The van der Waals surface area contributed by atoms with E-state index in [2.05, 4.69) is 16.1 Å². The largest absolute Gasteiger partial charge is 0.497 e. The van der Waals surface area contributed by atoms with Gasteiger partial charge in [-0.15, -0.1) is 12.4 Å². The Morgan fingerprint density at radius 1 is 1.05 bits per heavy atom. The lowest BCUT2D eigenvalue weighted by atomic mass is 9.75. The molecule has 0 aliphatic carbocycles. The number of halogens is 2. The van der Waals surface area contributed by atoms with Crippen molar-refractivity contribution in [3.63, 3.8) is 0 Å². The summed E-state index contributed by atoms with van der Waals surface area (Å²) in [5.74, 6) is 0.131. The van der Waals surface area contributed by atoms with E-state index in [-0.39, 0.29) is 37.5 Å². The van der Waals surface area contributed by atoms with Crippen LogP contribution in [0.15, 0.2) is 72.8 Å². The van der Waals surface area contributed by atoms with E-state index < -0.39 is 26.0 Å². The first-order valence-electron chi connectivity index (χ1n) is 14.1. The van der Waals surface area contributed by atoms with Crippen molar-refractivity contribution < 1.29 is 22.7 Å². The fourth-order valence-electron chi connectivity index (χ4n) is 6.08. The second-order valence-corrected chi connectivity index (χ2v) is 13.6. The van der Waals surface area contributed by atoms with Crippen molar-refractivity contribution in [1.82, 2.24) is 20.1 Å². The van der Waals surface area contributed by atoms with E-state index in [4.69, 9.17) is 21.1 Å². The molecule has 1 spiro atoms. The van der Waals surface area contributed by atoms with Crippen LogP contribution in [-0.4, -0.2) is 60.0 Å². The molecule has 0 bridgehead atoms. The van der Waals surface area contributed by atoms with E-state index in [0.717, 1.165) is 42.6 Å². The summed E-state index contributed by atoms with van der Waals surface area (Å²) < 4.78 is 38.0. The molecule has 5 rings (SSSR count). The minimum Gasteiger partial charge on any atom is -0.497 e. The minimum absolute atomic E-state index is 0. The Labute approximate surface area is 264 Å². The molecule has 0 aromatic heterocycles. The number of nitrogens with one attached hydrogen (secondary N) is 3. The van der Waals surface area contributed by atoms with E-state index in [1.807, 2.05) is 60.7 Å². The highest BCUT2D eigenvalue weighted by molar-refractivity contribution is 7.90. The molecule has 2 atom stereocenters. The average molecular weight is 651 g/mol. The predicted molar refractivity (Wildman–Crippen MR) is 172 cm³/mol. The molecule has 1 fully saturated rings. The summed E-state index contributed by atoms with van der Waals surface area (Å²) in [4.78, 5) is 14.1. The van der Waals surface area contributed by atoms with Gasteiger partial charge in [0, 0.05) is 23.2 Å². The van der Waals surface area contributed by atoms with Gasteiger partial charge in [-0.1, -0.05) is 64.1 Å². The van der Waals surface area contributed by atoms with Gasteiger partial charge in [0.15, 0.2) is 5.69 Å². The van der Waals surface area contributed by atoms with E-state index in [1.54, 1.807) is 19.2 Å². The molecule has 3 aromatic carbocycles. The van der Waals surface area contributed by atoms with Gasteiger partial charge in [-0.3, -0.25) is 10.1 Å². The Morgan fingerprint density at radius 3 is 2.44 bits per heavy atom. The molecule has 0 radical (unpaired) electrons. The molecule has 2 heterocycles. The summed E-state index contributed by atoms with van der Waals surface area (Å²) in [6, 6.07) is 21.7. The Bertz CT molecular complexity index is 1520. The number of carbonyl (C=O) groups excluding carboxylic acids is 1. The maximum absolute atomic E-state index is 14.1. The van der Waals surface area contributed by atoms with Gasteiger partial charge in [-0.25, -0.2) is 0 Å². The van der Waals surface area contributed by atoms with Gasteiger partial charge in [-0.05, 0) is 55.3 Å². The summed E-state index contributed by atoms with van der Waals surface area (Å²) in [5.41, 5.74) is 5.98. The molecule has 1 saturated heterocycles. The van der Waals surface area contributed by atoms with E-state index >= 15 is 0 Å². The third kappa shape index (κ3) is 7.17. The Morgan fingerprint density at radius 2 is 1.74 bits per heavy atom. The number of para-hydroxylation sites is 1. The third-order valence-corrected chi connectivity index (χ3v) is 10.0. The van der Waals surface area contributed by atoms with Gasteiger partial charge in [0.25, 0.3) is 5.91 Å². The van der Waals surface area contributed by atoms with Crippen molar-refractivity contribution in [2.24, 2.45) is 0 Å². The van der Waals surface area contributed by atoms with E-state index in [9.17, 15) is 13.2 Å². The van der Waals surface area contributed by atoms with Crippen molar-refractivity contribution >= 4 is 45.6 Å². The smallest absolute Gasteiger partial charge is 0.321 e. The van der Waals surface area contributed by atoms with Gasteiger partial charge in [0.2, 0.25) is 0 Å². The van der Waals surface area contributed by atoms with Crippen molar-refractivity contribution in [2.45, 2.75) is 37.5 Å². The monoisotopic (exact) mass is 649 g/mol. The number of rotatable bonds is 11. The molecule has 2 aliphatic heterocycles. The number of piperidine rings is 1. The van der Waals surface area contributed by atoms with Gasteiger partial charge in [-0.2, -0.15) is 13.8 Å². The van der Waals surface area contributed by atoms with Crippen LogP contribution in [0.2, 0.25) is 5.02 Å². The number of methoxy groups -OCH3 is 1. The number of amides is 1. The molecule has 2 aliphatic rings. The average Bonchev–Trinajstić information content (AvgIpc) is 3.25. The number of nitrogens with zero attached hydrogens (tertiary/aromatic N) is 1. The Hall–Kier alpha value is -2.70. The van der Waals surface area contributed by atoms with Gasteiger partial charge in [0.1, 0.15) is 18.3 Å². The molecule has 12 heteroatoms. The first-order chi connectivity index (χ1) is 20.2. The quantitative estimate of drug-likeness (QED) is 0.269. The number of ether oxygens (including phenoxy) is 2. The summed E-state index contributed by atoms with van der Waals surface area (Å²) in [7, 11) is -2.28. The third-order valence-electron chi connectivity index (χ3n) is 8.24. The van der Waals surface area contributed by atoms with Crippen LogP contribution in [0.5, 0.6) is 5.75 Å². The Kier molecular flexibility index (Phi) is 10.8. The summed E-state index contributed by atoms with van der Waals surface area (Å²) in [6.07, 6.45) is 2.76. The van der Waals surface area contributed by atoms with E-state index in [0.29, 0.717) is 23.1 Å². The number of fused-ring (bicyclic) bond motifs is 2. The van der Waals surface area contributed by atoms with Crippen molar-refractivity contribution in [2.75, 3.05) is 39.6 Å². The highest BCUT2D eigenvalue weighted by Crippen LogP contribution is 2.50. The zero-order valence-electron chi connectivity index (χ0n) is 24.3. The highest BCUT2D eigenvalue weighted by atomic mass is 35.5. The number of hydrogen-bond acceptors (Lipinski definition) is 7. The van der Waals surface area contributed by atoms with Crippen molar-refractivity contribution in [1.29, 1.82) is 0 Å². The number of quaternary nitrogens is 1. The summed E-state index contributed by atoms with van der Waals surface area (Å²) in [6.45, 7) is 2.43. The van der Waals surface area contributed by atoms with Crippen LogP contribution in [0.4, 0.5) is 5.69 Å². The van der Waals surface area contributed by atoms with Crippen LogP contribution in [0.25, 0.3) is 0 Å².